The van der Waals surface area contributed by atoms with Gasteiger partial charge in [0.2, 0.25) is 0 Å². The van der Waals surface area contributed by atoms with Gasteiger partial charge >= 0.3 is 5.97 Å². The van der Waals surface area contributed by atoms with Crippen molar-refractivity contribution in [3.8, 4) is 0 Å². The normalized spacial score (nSPS) is 10.6. The second kappa shape index (κ2) is 8.78. The average molecular weight is 390 g/mol. The maximum atomic E-state index is 12.5. The number of carbonyl (C=O) groups excluding carboxylic acids is 2. The summed E-state index contributed by atoms with van der Waals surface area (Å²) in [4.78, 5) is 24.8. The molecule has 0 fully saturated rings. The number of hydrogen-bond acceptors (Lipinski definition) is 3. The van der Waals surface area contributed by atoms with Crippen molar-refractivity contribution in [3.05, 3.63) is 88.2 Å². The Balaban J connectivity index is 1.64. The topological polar surface area (TPSA) is 60.3 Å². The van der Waals surface area contributed by atoms with E-state index in [0.717, 1.165) is 33.8 Å². The average Bonchev–Trinajstić information content (AvgIpc) is 2.99. The van der Waals surface area contributed by atoms with Crippen molar-refractivity contribution >= 4 is 17.6 Å². The van der Waals surface area contributed by atoms with Crippen molar-refractivity contribution in [3.63, 3.8) is 0 Å². The first-order chi connectivity index (χ1) is 13.9. The molecule has 150 valence electrons. The highest BCUT2D eigenvalue weighted by atomic mass is 16.5. The first-order valence-corrected chi connectivity index (χ1v) is 9.60. The molecule has 0 spiro atoms. The Kier molecular flexibility index (Phi) is 6.17. The third-order valence-corrected chi connectivity index (χ3v) is 5.19. The molecule has 1 N–H and O–H groups in total. The molecule has 1 heterocycles. The number of nitrogens with zero attached hydrogens (tertiary/aromatic N) is 1. The number of benzene rings is 2. The monoisotopic (exact) mass is 390 g/mol. The summed E-state index contributed by atoms with van der Waals surface area (Å²) in [5, 5.41) is 2.80. The Bertz CT molecular complexity index is 1040. The largest absolute Gasteiger partial charge is 0.452 e. The Morgan fingerprint density at radius 3 is 2.41 bits per heavy atom. The molecule has 0 aliphatic rings. The number of nitrogens with one attached hydrogen (secondary N) is 1. The fourth-order valence-corrected chi connectivity index (χ4v) is 3.30. The van der Waals surface area contributed by atoms with Crippen molar-refractivity contribution in [2.45, 2.75) is 34.2 Å². The number of esters is 1. The van der Waals surface area contributed by atoms with Gasteiger partial charge in [-0.05, 0) is 56.5 Å². The molecule has 0 atom stereocenters. The van der Waals surface area contributed by atoms with E-state index < -0.39 is 5.97 Å². The first-order valence-electron chi connectivity index (χ1n) is 9.60. The minimum Gasteiger partial charge on any atom is -0.452 e. The standard InChI is InChI=1S/C24H26N2O3/c1-16-9-8-12-22(18(16)3)25-23(27)15-29-24(28)21-13-17(2)26(19(21)4)14-20-10-6-5-7-11-20/h5-13H,14-15H2,1-4H3,(H,25,27). The number of ether oxygens (including phenoxy) is 1. The summed E-state index contributed by atoms with van der Waals surface area (Å²) >= 11 is 0. The van der Waals surface area contributed by atoms with Crippen LogP contribution in [0.5, 0.6) is 0 Å². The zero-order chi connectivity index (χ0) is 21.0. The Morgan fingerprint density at radius 1 is 0.966 bits per heavy atom. The molecule has 2 aromatic carbocycles. The summed E-state index contributed by atoms with van der Waals surface area (Å²) in [5.41, 5.74) is 6.25. The molecular weight excluding hydrogens is 364 g/mol. The quantitative estimate of drug-likeness (QED) is 0.628. The second-order valence-electron chi connectivity index (χ2n) is 7.23. The molecule has 3 rings (SSSR count). The Labute approximate surface area is 171 Å². The molecule has 1 aromatic heterocycles. The molecule has 5 nitrogen and oxygen atoms in total. The summed E-state index contributed by atoms with van der Waals surface area (Å²) in [7, 11) is 0. The van der Waals surface area contributed by atoms with Gasteiger partial charge in [-0.1, -0.05) is 42.5 Å². The lowest BCUT2D eigenvalue weighted by Gasteiger charge is -2.11. The maximum Gasteiger partial charge on any atom is 0.340 e. The van der Waals surface area contributed by atoms with Crippen LogP contribution in [0.3, 0.4) is 0 Å². The SMILES string of the molecule is Cc1cccc(NC(=O)COC(=O)c2cc(C)n(Cc3ccccc3)c2C)c1C. The summed E-state index contributed by atoms with van der Waals surface area (Å²) in [5.74, 6) is -0.848. The molecule has 0 saturated carbocycles. The highest BCUT2D eigenvalue weighted by molar-refractivity contribution is 5.96. The number of anilines is 1. The zero-order valence-electron chi connectivity index (χ0n) is 17.3. The molecule has 0 aliphatic carbocycles. The van der Waals surface area contributed by atoms with Gasteiger partial charge < -0.3 is 14.6 Å². The number of amides is 1. The summed E-state index contributed by atoms with van der Waals surface area (Å²) in [6.45, 7) is 8.13. The maximum absolute atomic E-state index is 12.5. The van der Waals surface area contributed by atoms with Crippen LogP contribution >= 0.6 is 0 Å². The van der Waals surface area contributed by atoms with Gasteiger partial charge in [0.25, 0.3) is 5.91 Å². The van der Waals surface area contributed by atoms with Crippen LogP contribution in [0.15, 0.2) is 54.6 Å². The van der Waals surface area contributed by atoms with E-state index in [1.807, 2.05) is 70.2 Å². The number of rotatable bonds is 6. The summed E-state index contributed by atoms with van der Waals surface area (Å²) < 4.78 is 7.34. The summed E-state index contributed by atoms with van der Waals surface area (Å²) in [6, 6.07) is 17.6. The molecule has 3 aromatic rings. The Morgan fingerprint density at radius 2 is 1.69 bits per heavy atom. The number of aromatic nitrogens is 1. The van der Waals surface area contributed by atoms with Crippen LogP contribution in [-0.4, -0.2) is 23.1 Å². The molecule has 1 amide bonds. The van der Waals surface area contributed by atoms with E-state index >= 15 is 0 Å². The lowest BCUT2D eigenvalue weighted by Crippen LogP contribution is -2.21. The number of hydrogen-bond donors (Lipinski definition) is 1. The van der Waals surface area contributed by atoms with Crippen LogP contribution in [0.1, 0.15) is 38.4 Å². The molecule has 0 aliphatic heterocycles. The van der Waals surface area contributed by atoms with E-state index in [1.165, 1.54) is 0 Å². The van der Waals surface area contributed by atoms with E-state index in [1.54, 1.807) is 0 Å². The fraction of sp³-hybridized carbons (Fsp3) is 0.250. The van der Waals surface area contributed by atoms with Gasteiger partial charge in [-0.3, -0.25) is 4.79 Å². The van der Waals surface area contributed by atoms with E-state index in [9.17, 15) is 9.59 Å². The van der Waals surface area contributed by atoms with Crippen molar-refractivity contribution in [2.24, 2.45) is 0 Å². The molecule has 0 radical (unpaired) electrons. The number of aryl methyl sites for hydroxylation is 2. The van der Waals surface area contributed by atoms with Crippen molar-refractivity contribution in [2.75, 3.05) is 11.9 Å². The number of carbonyl (C=O) groups is 2. The zero-order valence-corrected chi connectivity index (χ0v) is 17.3. The van der Waals surface area contributed by atoms with Crippen molar-refractivity contribution in [1.82, 2.24) is 4.57 Å². The van der Waals surface area contributed by atoms with Crippen LogP contribution in [0.2, 0.25) is 0 Å². The minimum atomic E-state index is -0.492. The lowest BCUT2D eigenvalue weighted by molar-refractivity contribution is -0.119. The minimum absolute atomic E-state index is 0.325. The molecule has 0 unspecified atom stereocenters. The van der Waals surface area contributed by atoms with Gasteiger partial charge in [-0.2, -0.15) is 0 Å². The second-order valence-corrected chi connectivity index (χ2v) is 7.23. The van der Waals surface area contributed by atoms with Crippen LogP contribution in [0.25, 0.3) is 0 Å². The van der Waals surface area contributed by atoms with Gasteiger partial charge in [0, 0.05) is 23.6 Å². The van der Waals surface area contributed by atoms with Gasteiger partial charge in [-0.15, -0.1) is 0 Å². The van der Waals surface area contributed by atoms with Gasteiger partial charge in [0.1, 0.15) is 0 Å². The molecular formula is C24H26N2O3. The van der Waals surface area contributed by atoms with Crippen LogP contribution < -0.4 is 5.32 Å². The van der Waals surface area contributed by atoms with Crippen molar-refractivity contribution in [1.29, 1.82) is 0 Å². The van der Waals surface area contributed by atoms with Gasteiger partial charge in [-0.25, -0.2) is 4.79 Å². The van der Waals surface area contributed by atoms with E-state index in [4.69, 9.17) is 4.74 Å². The molecule has 0 saturated heterocycles. The Hall–Kier alpha value is -3.34. The van der Waals surface area contributed by atoms with Crippen molar-refractivity contribution < 1.29 is 14.3 Å². The fourth-order valence-electron chi connectivity index (χ4n) is 3.30. The highest BCUT2D eigenvalue weighted by Gasteiger charge is 2.18. The third-order valence-electron chi connectivity index (χ3n) is 5.19. The van der Waals surface area contributed by atoms with Gasteiger partial charge in [0.15, 0.2) is 6.61 Å². The summed E-state index contributed by atoms with van der Waals surface area (Å²) in [6.07, 6.45) is 0. The smallest absolute Gasteiger partial charge is 0.340 e. The van der Waals surface area contributed by atoms with Gasteiger partial charge in [0.05, 0.1) is 5.56 Å². The van der Waals surface area contributed by atoms with E-state index in [0.29, 0.717) is 12.1 Å². The third kappa shape index (κ3) is 4.74. The van der Waals surface area contributed by atoms with Crippen LogP contribution in [0, 0.1) is 27.7 Å². The predicted molar refractivity (Wildman–Crippen MR) is 114 cm³/mol. The van der Waals surface area contributed by atoms with Crippen LogP contribution in [-0.2, 0) is 16.1 Å². The first kappa shape index (κ1) is 20.4. The molecule has 0 bridgehead atoms. The molecule has 29 heavy (non-hydrogen) atoms. The predicted octanol–water partition coefficient (Wildman–Crippen LogP) is 4.57. The van der Waals surface area contributed by atoms with E-state index in [2.05, 4.69) is 22.0 Å². The lowest BCUT2D eigenvalue weighted by atomic mass is 10.1. The van der Waals surface area contributed by atoms with E-state index in [-0.39, 0.29) is 12.5 Å². The molecule has 5 heteroatoms. The highest BCUT2D eigenvalue weighted by Crippen LogP contribution is 2.19. The van der Waals surface area contributed by atoms with Crippen LogP contribution in [0.4, 0.5) is 5.69 Å².